The maximum atomic E-state index is 13.3. The van der Waals surface area contributed by atoms with E-state index in [0.717, 1.165) is 24.0 Å². The number of carbonyl (C=O) groups excluding carboxylic acids is 2. The van der Waals surface area contributed by atoms with Crippen LogP contribution < -0.4 is 5.32 Å². The molecule has 0 radical (unpaired) electrons. The Morgan fingerprint density at radius 2 is 1.93 bits per heavy atom. The molecule has 1 saturated heterocycles. The van der Waals surface area contributed by atoms with Gasteiger partial charge in [-0.15, -0.1) is 0 Å². The second-order valence-corrected chi connectivity index (χ2v) is 7.89. The van der Waals surface area contributed by atoms with Gasteiger partial charge in [-0.3, -0.25) is 9.59 Å². The van der Waals surface area contributed by atoms with Crippen LogP contribution in [0.2, 0.25) is 0 Å². The van der Waals surface area contributed by atoms with Gasteiger partial charge in [0.05, 0.1) is 11.5 Å². The van der Waals surface area contributed by atoms with Crippen LogP contribution >= 0.6 is 0 Å². The number of amides is 2. The first kappa shape index (κ1) is 18.7. The first-order chi connectivity index (χ1) is 13.6. The van der Waals surface area contributed by atoms with E-state index < -0.39 is 0 Å². The molecule has 0 bridgehead atoms. The fourth-order valence-electron chi connectivity index (χ4n) is 4.01. The van der Waals surface area contributed by atoms with Gasteiger partial charge in [-0.2, -0.15) is 0 Å². The van der Waals surface area contributed by atoms with Crippen LogP contribution in [0.25, 0.3) is 0 Å². The van der Waals surface area contributed by atoms with E-state index in [-0.39, 0.29) is 29.1 Å². The van der Waals surface area contributed by atoms with Crippen molar-refractivity contribution in [2.75, 3.05) is 13.1 Å². The van der Waals surface area contributed by atoms with Crippen molar-refractivity contribution in [3.05, 3.63) is 71.5 Å². The second-order valence-electron chi connectivity index (χ2n) is 7.89. The maximum absolute atomic E-state index is 13.3. The SMILES string of the molecule is O=C(NC1(c2ccccc2)CC1)[C@@H]1CCC(=O)N(CCc2cccc(F)c2)C1. The van der Waals surface area contributed by atoms with Gasteiger partial charge < -0.3 is 10.2 Å². The third-order valence-electron chi connectivity index (χ3n) is 5.87. The summed E-state index contributed by atoms with van der Waals surface area (Å²) in [6.07, 6.45) is 3.48. The Hall–Kier alpha value is -2.69. The molecule has 2 aromatic rings. The van der Waals surface area contributed by atoms with Crippen LogP contribution in [-0.2, 0) is 21.5 Å². The standard InChI is InChI=1S/C23H25FN2O2/c24-20-8-4-5-17(15-20)11-14-26-16-18(9-10-21(26)27)22(28)25-23(12-13-23)19-6-2-1-3-7-19/h1-8,15,18H,9-14,16H2,(H,25,28)/t18-/m1/s1. The Kier molecular flexibility index (Phi) is 5.16. The molecule has 28 heavy (non-hydrogen) atoms. The number of halogens is 1. The first-order valence-corrected chi connectivity index (χ1v) is 9.95. The summed E-state index contributed by atoms with van der Waals surface area (Å²) in [6.45, 7) is 0.945. The molecule has 1 N–H and O–H groups in total. The smallest absolute Gasteiger partial charge is 0.225 e. The fraction of sp³-hybridized carbons (Fsp3) is 0.391. The van der Waals surface area contributed by atoms with Crippen LogP contribution in [-0.4, -0.2) is 29.8 Å². The molecule has 0 spiro atoms. The van der Waals surface area contributed by atoms with Gasteiger partial charge in [0.1, 0.15) is 5.82 Å². The lowest BCUT2D eigenvalue weighted by Gasteiger charge is -2.33. The van der Waals surface area contributed by atoms with Crippen LogP contribution in [0.3, 0.4) is 0 Å². The zero-order chi connectivity index (χ0) is 19.6. The predicted octanol–water partition coefficient (Wildman–Crippen LogP) is 3.41. The van der Waals surface area contributed by atoms with Gasteiger partial charge in [0.2, 0.25) is 11.8 Å². The summed E-state index contributed by atoms with van der Waals surface area (Å²) in [6, 6.07) is 16.5. The summed E-state index contributed by atoms with van der Waals surface area (Å²) in [5, 5.41) is 3.24. The number of piperidine rings is 1. The lowest BCUT2D eigenvalue weighted by atomic mass is 9.95. The molecule has 1 aliphatic heterocycles. The summed E-state index contributed by atoms with van der Waals surface area (Å²) in [5.41, 5.74) is 1.78. The minimum absolute atomic E-state index is 0.0320. The van der Waals surface area contributed by atoms with Crippen molar-refractivity contribution >= 4 is 11.8 Å². The Bertz CT molecular complexity index is 864. The third-order valence-corrected chi connectivity index (χ3v) is 5.87. The van der Waals surface area contributed by atoms with Crippen LogP contribution in [0.1, 0.15) is 36.8 Å². The summed E-state index contributed by atoms with van der Waals surface area (Å²) in [4.78, 5) is 26.9. The van der Waals surface area contributed by atoms with Gasteiger partial charge in [-0.1, -0.05) is 42.5 Å². The molecular formula is C23H25FN2O2. The highest BCUT2D eigenvalue weighted by atomic mass is 19.1. The molecule has 0 unspecified atom stereocenters. The Morgan fingerprint density at radius 3 is 2.64 bits per heavy atom. The van der Waals surface area contributed by atoms with Crippen molar-refractivity contribution in [1.82, 2.24) is 10.2 Å². The minimum atomic E-state index is -0.268. The van der Waals surface area contributed by atoms with E-state index in [4.69, 9.17) is 0 Å². The largest absolute Gasteiger partial charge is 0.346 e. The van der Waals surface area contributed by atoms with Crippen LogP contribution in [0, 0.1) is 11.7 Å². The molecule has 1 aliphatic carbocycles. The highest BCUT2D eigenvalue weighted by Crippen LogP contribution is 2.45. The molecular weight excluding hydrogens is 355 g/mol. The van der Waals surface area contributed by atoms with Gasteiger partial charge in [0, 0.05) is 19.5 Å². The van der Waals surface area contributed by atoms with Crippen molar-refractivity contribution in [3.8, 4) is 0 Å². The molecule has 0 aromatic heterocycles. The molecule has 4 nitrogen and oxygen atoms in total. The number of hydrogen-bond acceptors (Lipinski definition) is 2. The van der Waals surface area contributed by atoms with Gasteiger partial charge >= 0.3 is 0 Å². The summed E-state index contributed by atoms with van der Waals surface area (Å²) in [5.74, 6) is -0.351. The maximum Gasteiger partial charge on any atom is 0.225 e. The number of rotatable bonds is 6. The number of likely N-dealkylation sites (tertiary alicyclic amines) is 1. The summed E-state index contributed by atoms with van der Waals surface area (Å²) in [7, 11) is 0. The quantitative estimate of drug-likeness (QED) is 0.835. The number of benzene rings is 2. The van der Waals surface area contributed by atoms with E-state index in [0.29, 0.717) is 32.4 Å². The number of carbonyl (C=O) groups is 2. The summed E-state index contributed by atoms with van der Waals surface area (Å²) < 4.78 is 13.3. The predicted molar refractivity (Wildman–Crippen MR) is 105 cm³/mol. The Morgan fingerprint density at radius 1 is 1.14 bits per heavy atom. The number of nitrogens with one attached hydrogen (secondary N) is 1. The van der Waals surface area contributed by atoms with Gasteiger partial charge in [0.15, 0.2) is 0 Å². The molecule has 1 heterocycles. The topological polar surface area (TPSA) is 49.4 Å². The summed E-state index contributed by atoms with van der Waals surface area (Å²) >= 11 is 0. The van der Waals surface area contributed by atoms with Crippen molar-refractivity contribution in [2.45, 2.75) is 37.6 Å². The average molecular weight is 380 g/mol. The molecule has 146 valence electrons. The lowest BCUT2D eigenvalue weighted by molar-refractivity contribution is -0.138. The van der Waals surface area contributed by atoms with Crippen molar-refractivity contribution in [3.63, 3.8) is 0 Å². The Labute approximate surface area is 164 Å². The molecule has 1 atom stereocenters. The van der Waals surface area contributed by atoms with E-state index in [9.17, 15) is 14.0 Å². The molecule has 2 aromatic carbocycles. The Balaban J connectivity index is 1.36. The highest BCUT2D eigenvalue weighted by Gasteiger charge is 2.46. The molecule has 2 aliphatic rings. The first-order valence-electron chi connectivity index (χ1n) is 9.95. The molecule has 5 heteroatoms. The zero-order valence-corrected chi connectivity index (χ0v) is 15.9. The molecule has 1 saturated carbocycles. The second kappa shape index (κ2) is 7.74. The fourth-order valence-corrected chi connectivity index (χ4v) is 4.01. The van der Waals surface area contributed by atoms with Crippen LogP contribution in [0.5, 0.6) is 0 Å². The zero-order valence-electron chi connectivity index (χ0n) is 15.9. The lowest BCUT2D eigenvalue weighted by Crippen LogP contribution is -2.48. The molecule has 2 fully saturated rings. The minimum Gasteiger partial charge on any atom is -0.346 e. The van der Waals surface area contributed by atoms with E-state index in [2.05, 4.69) is 17.4 Å². The molecule has 2 amide bonds. The van der Waals surface area contributed by atoms with Crippen molar-refractivity contribution < 1.29 is 14.0 Å². The third kappa shape index (κ3) is 4.08. The van der Waals surface area contributed by atoms with Crippen molar-refractivity contribution in [2.24, 2.45) is 5.92 Å². The number of nitrogens with zero attached hydrogens (tertiary/aromatic N) is 1. The monoisotopic (exact) mass is 380 g/mol. The normalized spacial score (nSPS) is 20.7. The van der Waals surface area contributed by atoms with Gasteiger partial charge in [0.25, 0.3) is 0 Å². The van der Waals surface area contributed by atoms with Crippen LogP contribution in [0.4, 0.5) is 4.39 Å². The van der Waals surface area contributed by atoms with E-state index in [1.165, 1.54) is 12.1 Å². The van der Waals surface area contributed by atoms with E-state index in [1.54, 1.807) is 11.0 Å². The van der Waals surface area contributed by atoms with E-state index in [1.807, 2.05) is 24.3 Å². The average Bonchev–Trinajstić information content (AvgIpc) is 3.49. The van der Waals surface area contributed by atoms with Gasteiger partial charge in [-0.25, -0.2) is 4.39 Å². The van der Waals surface area contributed by atoms with Crippen LogP contribution in [0.15, 0.2) is 54.6 Å². The van der Waals surface area contributed by atoms with Crippen molar-refractivity contribution in [1.29, 1.82) is 0 Å². The molecule has 4 rings (SSSR count). The van der Waals surface area contributed by atoms with Gasteiger partial charge in [-0.05, 0) is 48.9 Å². The number of hydrogen-bond donors (Lipinski definition) is 1. The highest BCUT2D eigenvalue weighted by molar-refractivity contribution is 5.84. The van der Waals surface area contributed by atoms with E-state index >= 15 is 0 Å².